The van der Waals surface area contributed by atoms with E-state index in [0.717, 1.165) is 5.56 Å². The fourth-order valence-electron chi connectivity index (χ4n) is 2.77. The van der Waals surface area contributed by atoms with E-state index in [9.17, 15) is 27.6 Å². The lowest BCUT2D eigenvalue weighted by atomic mass is 9.86. The molecular formula is C23H26F3N3O3. The van der Waals surface area contributed by atoms with E-state index in [1.165, 1.54) is 31.2 Å². The van der Waals surface area contributed by atoms with Gasteiger partial charge in [0.25, 0.3) is 11.8 Å². The molecule has 1 unspecified atom stereocenters. The molecule has 0 aliphatic carbocycles. The van der Waals surface area contributed by atoms with Gasteiger partial charge in [-0.05, 0) is 42.2 Å². The fraction of sp³-hybridized carbons (Fsp3) is 0.348. The van der Waals surface area contributed by atoms with Crippen molar-refractivity contribution in [3.8, 4) is 0 Å². The van der Waals surface area contributed by atoms with Crippen LogP contribution in [0.5, 0.6) is 0 Å². The Bertz CT molecular complexity index is 980. The molecule has 32 heavy (non-hydrogen) atoms. The van der Waals surface area contributed by atoms with Crippen LogP contribution in [0, 0.1) is 0 Å². The van der Waals surface area contributed by atoms with Gasteiger partial charge in [-0.15, -0.1) is 0 Å². The van der Waals surface area contributed by atoms with Gasteiger partial charge >= 0.3 is 6.18 Å². The van der Waals surface area contributed by atoms with Crippen LogP contribution in [0.15, 0.2) is 48.5 Å². The molecule has 6 nitrogen and oxygen atoms in total. The van der Waals surface area contributed by atoms with Gasteiger partial charge in [-0.3, -0.25) is 14.4 Å². The van der Waals surface area contributed by atoms with E-state index in [0.29, 0.717) is 5.56 Å². The van der Waals surface area contributed by atoms with E-state index in [1.54, 1.807) is 17.4 Å². The lowest BCUT2D eigenvalue weighted by molar-refractivity contribution is -0.123. The van der Waals surface area contributed by atoms with Crippen LogP contribution in [0.1, 0.15) is 54.0 Å². The van der Waals surface area contributed by atoms with Gasteiger partial charge < -0.3 is 16.0 Å². The maximum absolute atomic E-state index is 12.5. The molecule has 2 rings (SSSR count). The average Bonchev–Trinajstić information content (AvgIpc) is 2.71. The lowest BCUT2D eigenvalue weighted by Crippen LogP contribution is -2.42. The Morgan fingerprint density at radius 3 is 2.06 bits per heavy atom. The van der Waals surface area contributed by atoms with Crippen molar-refractivity contribution >= 4 is 23.4 Å². The van der Waals surface area contributed by atoms with Gasteiger partial charge in [-0.25, -0.2) is 0 Å². The maximum Gasteiger partial charge on any atom is 0.405 e. The van der Waals surface area contributed by atoms with Crippen LogP contribution in [-0.4, -0.2) is 36.5 Å². The highest BCUT2D eigenvalue weighted by Gasteiger charge is 2.28. The first kappa shape index (κ1) is 24.9. The Hall–Kier alpha value is -3.36. The van der Waals surface area contributed by atoms with Crippen molar-refractivity contribution in [3.05, 3.63) is 65.2 Å². The van der Waals surface area contributed by atoms with E-state index in [2.05, 4.69) is 31.4 Å². The van der Waals surface area contributed by atoms with Crippen molar-refractivity contribution in [2.75, 3.05) is 11.9 Å². The topological polar surface area (TPSA) is 87.3 Å². The molecule has 0 aromatic heterocycles. The first-order chi connectivity index (χ1) is 14.8. The molecule has 2 aromatic carbocycles. The van der Waals surface area contributed by atoms with Crippen molar-refractivity contribution in [3.63, 3.8) is 0 Å². The summed E-state index contributed by atoms with van der Waals surface area (Å²) in [6.45, 7) is 6.12. The third kappa shape index (κ3) is 7.11. The molecule has 2 aromatic rings. The molecule has 0 radical (unpaired) electrons. The molecular weight excluding hydrogens is 423 g/mol. The van der Waals surface area contributed by atoms with Gasteiger partial charge in [0.15, 0.2) is 0 Å². The highest BCUT2D eigenvalue weighted by atomic mass is 19.4. The summed E-state index contributed by atoms with van der Waals surface area (Å²) in [5, 5.41) is 6.81. The van der Waals surface area contributed by atoms with E-state index in [1.807, 2.05) is 12.1 Å². The van der Waals surface area contributed by atoms with Crippen molar-refractivity contribution in [1.82, 2.24) is 10.6 Å². The molecule has 0 saturated carbocycles. The Morgan fingerprint density at radius 2 is 1.50 bits per heavy atom. The molecule has 9 heteroatoms. The van der Waals surface area contributed by atoms with E-state index >= 15 is 0 Å². The summed E-state index contributed by atoms with van der Waals surface area (Å²) in [4.78, 5) is 37.1. The smallest absolute Gasteiger partial charge is 0.343 e. The van der Waals surface area contributed by atoms with Crippen molar-refractivity contribution < 1.29 is 27.6 Å². The predicted molar refractivity (Wildman–Crippen MR) is 116 cm³/mol. The number of carbonyl (C=O) groups is 3. The number of nitrogens with one attached hydrogen (secondary N) is 3. The van der Waals surface area contributed by atoms with Gasteiger partial charge in [-0.1, -0.05) is 45.0 Å². The number of hydrogen-bond donors (Lipinski definition) is 3. The van der Waals surface area contributed by atoms with Gasteiger partial charge in [-0.2, -0.15) is 13.2 Å². The summed E-state index contributed by atoms with van der Waals surface area (Å²) in [5.74, 6) is -2.06. The first-order valence-electron chi connectivity index (χ1n) is 9.94. The number of anilines is 1. The van der Waals surface area contributed by atoms with Gasteiger partial charge in [0, 0.05) is 5.56 Å². The molecule has 0 bridgehead atoms. The number of rotatable bonds is 6. The standard InChI is InChI=1S/C23H26F3N3O3/c1-14(28-20(31)15-9-11-16(12-10-15)22(2,3)4)19(30)29-18-8-6-5-7-17(18)21(32)27-13-23(24,25)26/h5-12,14H,13H2,1-4H3,(H,27,32)(H,28,31)(H,29,30). The summed E-state index contributed by atoms with van der Waals surface area (Å²) in [7, 11) is 0. The second-order valence-electron chi connectivity index (χ2n) is 8.36. The number of carbonyl (C=O) groups excluding carboxylic acids is 3. The largest absolute Gasteiger partial charge is 0.405 e. The highest BCUT2D eigenvalue weighted by molar-refractivity contribution is 6.06. The Morgan fingerprint density at radius 1 is 0.906 bits per heavy atom. The molecule has 3 N–H and O–H groups in total. The number of para-hydroxylation sites is 1. The Balaban J connectivity index is 2.03. The second-order valence-corrected chi connectivity index (χ2v) is 8.36. The number of halogens is 3. The van der Waals surface area contributed by atoms with E-state index < -0.39 is 36.5 Å². The highest BCUT2D eigenvalue weighted by Crippen LogP contribution is 2.22. The zero-order valence-corrected chi connectivity index (χ0v) is 18.3. The quantitative estimate of drug-likeness (QED) is 0.622. The van der Waals surface area contributed by atoms with Gasteiger partial charge in [0.1, 0.15) is 12.6 Å². The second kappa shape index (κ2) is 9.84. The van der Waals surface area contributed by atoms with Crippen molar-refractivity contribution in [2.45, 2.75) is 45.3 Å². The Kier molecular flexibility index (Phi) is 7.66. The molecule has 0 aliphatic heterocycles. The normalized spacial score (nSPS) is 12.6. The monoisotopic (exact) mass is 449 g/mol. The SMILES string of the molecule is CC(NC(=O)c1ccc(C(C)(C)C)cc1)C(=O)Nc1ccccc1C(=O)NCC(F)(F)F. The minimum Gasteiger partial charge on any atom is -0.343 e. The summed E-state index contributed by atoms with van der Waals surface area (Å²) in [6, 6.07) is 11.7. The summed E-state index contributed by atoms with van der Waals surface area (Å²) in [6.07, 6.45) is -4.56. The molecule has 0 saturated heterocycles. The molecule has 172 valence electrons. The van der Waals surface area contributed by atoms with Crippen molar-refractivity contribution in [2.24, 2.45) is 0 Å². The van der Waals surface area contributed by atoms with Crippen LogP contribution in [-0.2, 0) is 10.2 Å². The van der Waals surface area contributed by atoms with Crippen LogP contribution in [0.3, 0.4) is 0 Å². The van der Waals surface area contributed by atoms with E-state index in [4.69, 9.17) is 0 Å². The lowest BCUT2D eigenvalue weighted by Gasteiger charge is -2.19. The molecule has 1 atom stereocenters. The van der Waals surface area contributed by atoms with Gasteiger partial charge in [0.05, 0.1) is 11.3 Å². The first-order valence-corrected chi connectivity index (χ1v) is 9.94. The third-order valence-corrected chi connectivity index (χ3v) is 4.63. The van der Waals surface area contributed by atoms with Crippen LogP contribution >= 0.6 is 0 Å². The number of amides is 3. The number of benzene rings is 2. The van der Waals surface area contributed by atoms with Gasteiger partial charge in [0.2, 0.25) is 5.91 Å². The van der Waals surface area contributed by atoms with Crippen LogP contribution in [0.25, 0.3) is 0 Å². The predicted octanol–water partition coefficient (Wildman–Crippen LogP) is 4.03. The number of hydrogen-bond acceptors (Lipinski definition) is 3. The average molecular weight is 449 g/mol. The summed E-state index contributed by atoms with van der Waals surface area (Å²) in [5.41, 5.74) is 1.28. The fourth-order valence-corrected chi connectivity index (χ4v) is 2.77. The molecule has 0 spiro atoms. The minimum atomic E-state index is -4.56. The zero-order valence-electron chi connectivity index (χ0n) is 18.3. The number of alkyl halides is 3. The molecule has 0 fully saturated rings. The van der Waals surface area contributed by atoms with Crippen molar-refractivity contribution in [1.29, 1.82) is 0 Å². The summed E-state index contributed by atoms with van der Waals surface area (Å²) < 4.78 is 37.1. The Labute approximate surface area is 184 Å². The zero-order chi connectivity index (χ0) is 24.1. The molecule has 0 heterocycles. The van der Waals surface area contributed by atoms with E-state index in [-0.39, 0.29) is 16.7 Å². The molecule has 3 amide bonds. The maximum atomic E-state index is 12.5. The van der Waals surface area contributed by atoms with Crippen LogP contribution < -0.4 is 16.0 Å². The molecule has 0 aliphatic rings. The van der Waals surface area contributed by atoms with Crippen LogP contribution in [0.4, 0.5) is 18.9 Å². The summed E-state index contributed by atoms with van der Waals surface area (Å²) >= 11 is 0. The van der Waals surface area contributed by atoms with Crippen LogP contribution in [0.2, 0.25) is 0 Å². The minimum absolute atomic E-state index is 0.0350. The third-order valence-electron chi connectivity index (χ3n) is 4.63.